The van der Waals surface area contributed by atoms with E-state index in [-0.39, 0.29) is 18.3 Å². The highest BCUT2D eigenvalue weighted by Crippen LogP contribution is 2.28. The Bertz CT molecular complexity index is 770. The van der Waals surface area contributed by atoms with Crippen LogP contribution in [0.3, 0.4) is 0 Å². The molecule has 0 atom stereocenters. The molecule has 1 amide bonds. The number of carbonyl (C=O) groups excluding carboxylic acids is 1. The van der Waals surface area contributed by atoms with Gasteiger partial charge in [0, 0.05) is 6.54 Å². The van der Waals surface area contributed by atoms with Crippen LogP contribution in [0.25, 0.3) is 0 Å². The summed E-state index contributed by atoms with van der Waals surface area (Å²) in [6.45, 7) is 5.29. The molecule has 0 spiro atoms. The molecule has 0 aliphatic rings. The molecule has 0 aliphatic carbocycles. The van der Waals surface area contributed by atoms with Crippen molar-refractivity contribution in [2.45, 2.75) is 20.3 Å². The SMILES string of the molecule is CCOc1ccc(CCNC(=O)COc2ccc(F)cc2Br)cc1OCC. The lowest BCUT2D eigenvalue weighted by molar-refractivity contribution is -0.123. The molecule has 27 heavy (non-hydrogen) atoms. The molecule has 146 valence electrons. The first kappa shape index (κ1) is 21.0. The summed E-state index contributed by atoms with van der Waals surface area (Å²) in [5.41, 5.74) is 1.03. The first-order chi connectivity index (χ1) is 13.0. The molecule has 0 unspecified atom stereocenters. The number of amides is 1. The van der Waals surface area contributed by atoms with Gasteiger partial charge in [-0.1, -0.05) is 6.07 Å². The van der Waals surface area contributed by atoms with Crippen molar-refractivity contribution in [3.8, 4) is 17.2 Å². The van der Waals surface area contributed by atoms with Crippen LogP contribution < -0.4 is 19.5 Å². The molecular weight excluding hydrogens is 417 g/mol. The summed E-state index contributed by atoms with van der Waals surface area (Å²) in [7, 11) is 0. The Balaban J connectivity index is 1.81. The van der Waals surface area contributed by atoms with Gasteiger partial charge in [-0.3, -0.25) is 4.79 Å². The van der Waals surface area contributed by atoms with Crippen molar-refractivity contribution in [2.24, 2.45) is 0 Å². The predicted molar refractivity (Wildman–Crippen MR) is 105 cm³/mol. The van der Waals surface area contributed by atoms with Gasteiger partial charge in [-0.25, -0.2) is 4.39 Å². The molecule has 0 fully saturated rings. The highest BCUT2D eigenvalue weighted by molar-refractivity contribution is 9.10. The lowest BCUT2D eigenvalue weighted by Crippen LogP contribution is -2.30. The fourth-order valence-electron chi connectivity index (χ4n) is 2.38. The standard InChI is InChI=1S/C20H23BrFNO4/c1-3-25-18-7-5-14(11-19(18)26-4-2)9-10-23-20(24)13-27-17-8-6-15(22)12-16(17)21/h5-8,11-12H,3-4,9-10,13H2,1-2H3,(H,23,24). The van der Waals surface area contributed by atoms with E-state index in [4.69, 9.17) is 14.2 Å². The van der Waals surface area contributed by atoms with Gasteiger partial charge in [0.05, 0.1) is 17.7 Å². The third-order valence-electron chi connectivity index (χ3n) is 3.60. The minimum absolute atomic E-state index is 0.141. The monoisotopic (exact) mass is 439 g/mol. The highest BCUT2D eigenvalue weighted by atomic mass is 79.9. The van der Waals surface area contributed by atoms with Gasteiger partial charge >= 0.3 is 0 Å². The summed E-state index contributed by atoms with van der Waals surface area (Å²) in [5, 5.41) is 2.80. The number of halogens is 2. The second-order valence-corrected chi connectivity index (χ2v) is 6.46. The van der Waals surface area contributed by atoms with E-state index in [1.54, 1.807) is 0 Å². The normalized spacial score (nSPS) is 10.4. The molecule has 5 nitrogen and oxygen atoms in total. The number of rotatable bonds is 10. The minimum atomic E-state index is -0.375. The Labute approximate surface area is 166 Å². The van der Waals surface area contributed by atoms with Gasteiger partial charge in [-0.05, 0) is 72.1 Å². The molecule has 2 aromatic rings. The van der Waals surface area contributed by atoms with Gasteiger partial charge in [0.1, 0.15) is 11.6 Å². The highest BCUT2D eigenvalue weighted by Gasteiger charge is 2.08. The van der Waals surface area contributed by atoms with Crippen molar-refractivity contribution in [1.29, 1.82) is 0 Å². The second kappa shape index (κ2) is 10.8. The second-order valence-electron chi connectivity index (χ2n) is 5.61. The van der Waals surface area contributed by atoms with Crippen LogP contribution in [0.15, 0.2) is 40.9 Å². The van der Waals surface area contributed by atoms with Crippen molar-refractivity contribution >= 4 is 21.8 Å². The van der Waals surface area contributed by atoms with E-state index in [1.165, 1.54) is 18.2 Å². The zero-order chi connectivity index (χ0) is 19.6. The molecule has 0 radical (unpaired) electrons. The Kier molecular flexibility index (Phi) is 8.39. The van der Waals surface area contributed by atoms with Gasteiger partial charge in [0.25, 0.3) is 5.91 Å². The van der Waals surface area contributed by atoms with Gasteiger partial charge in [0.15, 0.2) is 18.1 Å². The zero-order valence-corrected chi connectivity index (χ0v) is 17.0. The summed E-state index contributed by atoms with van der Waals surface area (Å²) >= 11 is 3.20. The van der Waals surface area contributed by atoms with Crippen LogP contribution in [0.1, 0.15) is 19.4 Å². The fourth-order valence-corrected chi connectivity index (χ4v) is 2.85. The van der Waals surface area contributed by atoms with E-state index in [1.807, 2.05) is 32.0 Å². The average molecular weight is 440 g/mol. The maximum absolute atomic E-state index is 13.0. The van der Waals surface area contributed by atoms with Crippen molar-refractivity contribution in [3.63, 3.8) is 0 Å². The Morgan fingerprint density at radius 2 is 1.70 bits per heavy atom. The molecular formula is C20H23BrFNO4. The summed E-state index contributed by atoms with van der Waals surface area (Å²) < 4.78 is 30.0. The lowest BCUT2D eigenvalue weighted by Gasteiger charge is -2.13. The molecule has 2 rings (SSSR count). The fraction of sp³-hybridized carbons (Fsp3) is 0.350. The van der Waals surface area contributed by atoms with E-state index in [9.17, 15) is 9.18 Å². The van der Waals surface area contributed by atoms with Crippen molar-refractivity contribution in [2.75, 3.05) is 26.4 Å². The van der Waals surface area contributed by atoms with E-state index in [2.05, 4.69) is 21.2 Å². The molecule has 7 heteroatoms. The topological polar surface area (TPSA) is 56.8 Å². The summed E-state index contributed by atoms with van der Waals surface area (Å²) in [5.74, 6) is 1.21. The third kappa shape index (κ3) is 6.75. The van der Waals surface area contributed by atoms with Crippen LogP contribution in [0.4, 0.5) is 4.39 Å². The van der Waals surface area contributed by atoms with Gasteiger partial charge in [0.2, 0.25) is 0 Å². The van der Waals surface area contributed by atoms with Crippen LogP contribution in [-0.4, -0.2) is 32.3 Å². The Hall–Kier alpha value is -2.28. The predicted octanol–water partition coefficient (Wildman–Crippen LogP) is 4.12. The molecule has 0 aliphatic heterocycles. The van der Waals surface area contributed by atoms with E-state index in [0.29, 0.717) is 47.9 Å². The number of carbonyl (C=O) groups is 1. The minimum Gasteiger partial charge on any atom is -0.490 e. The molecule has 0 bridgehead atoms. The zero-order valence-electron chi connectivity index (χ0n) is 15.4. The number of hydrogen-bond donors (Lipinski definition) is 1. The van der Waals surface area contributed by atoms with Crippen LogP contribution in [0.2, 0.25) is 0 Å². The van der Waals surface area contributed by atoms with Gasteiger partial charge < -0.3 is 19.5 Å². The number of benzene rings is 2. The summed E-state index contributed by atoms with van der Waals surface area (Å²) in [6, 6.07) is 9.79. The molecule has 0 saturated heterocycles. The molecule has 2 aromatic carbocycles. The average Bonchev–Trinajstić information content (AvgIpc) is 2.63. The lowest BCUT2D eigenvalue weighted by atomic mass is 10.1. The number of ether oxygens (including phenoxy) is 3. The third-order valence-corrected chi connectivity index (χ3v) is 4.22. The quantitative estimate of drug-likeness (QED) is 0.604. The maximum Gasteiger partial charge on any atom is 0.257 e. The number of hydrogen-bond acceptors (Lipinski definition) is 4. The van der Waals surface area contributed by atoms with E-state index < -0.39 is 0 Å². The summed E-state index contributed by atoms with van der Waals surface area (Å²) in [6.07, 6.45) is 0.651. The van der Waals surface area contributed by atoms with E-state index >= 15 is 0 Å². The van der Waals surface area contributed by atoms with Crippen molar-refractivity contribution < 1.29 is 23.4 Å². The van der Waals surface area contributed by atoms with Crippen LogP contribution in [-0.2, 0) is 11.2 Å². The Morgan fingerprint density at radius 1 is 1.00 bits per heavy atom. The van der Waals surface area contributed by atoms with Crippen LogP contribution in [0, 0.1) is 5.82 Å². The largest absolute Gasteiger partial charge is 0.490 e. The molecule has 0 heterocycles. The van der Waals surface area contributed by atoms with Crippen molar-refractivity contribution in [3.05, 3.63) is 52.3 Å². The van der Waals surface area contributed by atoms with Crippen LogP contribution >= 0.6 is 15.9 Å². The molecule has 1 N–H and O–H groups in total. The smallest absolute Gasteiger partial charge is 0.257 e. The van der Waals surface area contributed by atoms with Crippen molar-refractivity contribution in [1.82, 2.24) is 5.32 Å². The molecule has 0 aromatic heterocycles. The summed E-state index contributed by atoms with van der Waals surface area (Å²) in [4.78, 5) is 11.9. The first-order valence-electron chi connectivity index (χ1n) is 8.76. The Morgan fingerprint density at radius 3 is 2.41 bits per heavy atom. The van der Waals surface area contributed by atoms with E-state index in [0.717, 1.165) is 5.56 Å². The van der Waals surface area contributed by atoms with Gasteiger partial charge in [-0.15, -0.1) is 0 Å². The first-order valence-corrected chi connectivity index (χ1v) is 9.55. The van der Waals surface area contributed by atoms with Crippen LogP contribution in [0.5, 0.6) is 17.2 Å². The maximum atomic E-state index is 13.0. The van der Waals surface area contributed by atoms with Gasteiger partial charge in [-0.2, -0.15) is 0 Å². The number of nitrogens with one attached hydrogen (secondary N) is 1. The molecule has 0 saturated carbocycles.